The van der Waals surface area contributed by atoms with Crippen molar-refractivity contribution >= 4 is 16.8 Å². The summed E-state index contributed by atoms with van der Waals surface area (Å²) in [5, 5.41) is 14.4. The van der Waals surface area contributed by atoms with E-state index < -0.39 is 0 Å². The Balaban J connectivity index is 1.38. The van der Waals surface area contributed by atoms with Gasteiger partial charge in [-0.05, 0) is 24.3 Å². The lowest BCUT2D eigenvalue weighted by atomic mass is 10.2. The molecule has 3 heterocycles. The van der Waals surface area contributed by atoms with Crippen LogP contribution in [-0.4, -0.2) is 37.8 Å². The van der Waals surface area contributed by atoms with Crippen LogP contribution in [0.2, 0.25) is 0 Å². The summed E-state index contributed by atoms with van der Waals surface area (Å²) in [5.74, 6) is 1.17. The van der Waals surface area contributed by atoms with Crippen LogP contribution >= 0.6 is 0 Å². The number of hydrogen-bond donors (Lipinski definition) is 2. The van der Waals surface area contributed by atoms with Gasteiger partial charge in [-0.25, -0.2) is 4.98 Å². The largest absolute Gasteiger partial charge is 0.350 e. The highest BCUT2D eigenvalue weighted by Gasteiger charge is 2.16. The van der Waals surface area contributed by atoms with Gasteiger partial charge in [-0.15, -0.1) is 0 Å². The summed E-state index contributed by atoms with van der Waals surface area (Å²) in [7, 11) is 0. The molecule has 0 atom stereocenters. The van der Waals surface area contributed by atoms with Crippen molar-refractivity contribution in [1.29, 1.82) is 0 Å². The van der Waals surface area contributed by atoms with Crippen LogP contribution in [0.25, 0.3) is 22.3 Å². The SMILES string of the molecule is O=C(NCCc1nc(-c2cccnc2)n[nH]1)c1onc2ccccc12. The second-order valence-electron chi connectivity index (χ2n) is 5.38. The molecular weight excluding hydrogens is 320 g/mol. The van der Waals surface area contributed by atoms with Crippen molar-refractivity contribution in [1.82, 2.24) is 30.6 Å². The number of carbonyl (C=O) groups is 1. The molecule has 0 aliphatic rings. The van der Waals surface area contributed by atoms with Crippen molar-refractivity contribution in [2.75, 3.05) is 6.54 Å². The lowest BCUT2D eigenvalue weighted by molar-refractivity contribution is 0.0919. The first-order valence-corrected chi connectivity index (χ1v) is 7.75. The number of carbonyl (C=O) groups excluding carboxylic acids is 1. The van der Waals surface area contributed by atoms with E-state index in [-0.39, 0.29) is 11.7 Å². The smallest absolute Gasteiger partial charge is 0.290 e. The molecule has 8 heteroatoms. The number of rotatable bonds is 5. The molecule has 0 bridgehead atoms. The number of amides is 1. The van der Waals surface area contributed by atoms with Gasteiger partial charge in [-0.1, -0.05) is 17.3 Å². The molecule has 1 aromatic carbocycles. The third-order valence-corrected chi connectivity index (χ3v) is 3.69. The van der Waals surface area contributed by atoms with Gasteiger partial charge in [0, 0.05) is 30.9 Å². The Morgan fingerprint density at radius 1 is 1.20 bits per heavy atom. The molecule has 3 aromatic heterocycles. The number of fused-ring (bicyclic) bond motifs is 1. The van der Waals surface area contributed by atoms with Crippen molar-refractivity contribution in [3.8, 4) is 11.4 Å². The number of nitrogens with one attached hydrogen (secondary N) is 2. The minimum atomic E-state index is -0.305. The van der Waals surface area contributed by atoms with Gasteiger partial charge in [0.15, 0.2) is 5.82 Å². The zero-order chi connectivity index (χ0) is 17.1. The van der Waals surface area contributed by atoms with Crippen LogP contribution in [0.5, 0.6) is 0 Å². The molecule has 2 N–H and O–H groups in total. The summed E-state index contributed by atoms with van der Waals surface area (Å²) in [4.78, 5) is 20.7. The Kier molecular flexibility index (Phi) is 3.91. The van der Waals surface area contributed by atoms with E-state index >= 15 is 0 Å². The van der Waals surface area contributed by atoms with Gasteiger partial charge < -0.3 is 9.84 Å². The predicted molar refractivity (Wildman–Crippen MR) is 89.7 cm³/mol. The van der Waals surface area contributed by atoms with Crippen molar-refractivity contribution in [3.63, 3.8) is 0 Å². The molecule has 0 aliphatic heterocycles. The zero-order valence-corrected chi connectivity index (χ0v) is 13.1. The third-order valence-electron chi connectivity index (χ3n) is 3.69. The summed E-state index contributed by atoms with van der Waals surface area (Å²) < 4.78 is 5.14. The van der Waals surface area contributed by atoms with Crippen LogP contribution in [0.1, 0.15) is 16.4 Å². The molecule has 25 heavy (non-hydrogen) atoms. The van der Waals surface area contributed by atoms with E-state index in [0.717, 1.165) is 5.56 Å². The van der Waals surface area contributed by atoms with Crippen LogP contribution in [0.3, 0.4) is 0 Å². The van der Waals surface area contributed by atoms with Crippen LogP contribution in [0, 0.1) is 0 Å². The maximum atomic E-state index is 12.2. The molecule has 0 aliphatic carbocycles. The van der Waals surface area contributed by atoms with E-state index in [2.05, 4.69) is 30.6 Å². The lowest BCUT2D eigenvalue weighted by Crippen LogP contribution is -2.25. The highest BCUT2D eigenvalue weighted by atomic mass is 16.5. The van der Waals surface area contributed by atoms with Gasteiger partial charge in [-0.3, -0.25) is 14.9 Å². The number of aromatic amines is 1. The fraction of sp³-hybridized carbons (Fsp3) is 0.118. The van der Waals surface area contributed by atoms with Crippen LogP contribution in [-0.2, 0) is 6.42 Å². The molecular formula is C17H14N6O2. The van der Waals surface area contributed by atoms with E-state index in [1.807, 2.05) is 24.3 Å². The van der Waals surface area contributed by atoms with Crippen LogP contribution in [0.4, 0.5) is 0 Å². The summed E-state index contributed by atoms with van der Waals surface area (Å²) >= 11 is 0. The lowest BCUT2D eigenvalue weighted by Gasteiger charge is -2.00. The second-order valence-corrected chi connectivity index (χ2v) is 5.38. The van der Waals surface area contributed by atoms with Crippen molar-refractivity contribution in [2.24, 2.45) is 0 Å². The fourth-order valence-corrected chi connectivity index (χ4v) is 2.46. The molecule has 124 valence electrons. The summed E-state index contributed by atoms with van der Waals surface area (Å²) in [6.45, 7) is 0.398. The maximum absolute atomic E-state index is 12.2. The Morgan fingerprint density at radius 3 is 3.00 bits per heavy atom. The summed E-state index contributed by atoms with van der Waals surface area (Å²) in [6, 6.07) is 11.0. The molecule has 0 unspecified atom stereocenters. The average molecular weight is 334 g/mol. The van der Waals surface area contributed by atoms with Gasteiger partial charge >= 0.3 is 0 Å². The first-order valence-electron chi connectivity index (χ1n) is 7.75. The maximum Gasteiger partial charge on any atom is 0.290 e. The normalized spacial score (nSPS) is 10.9. The van der Waals surface area contributed by atoms with Crippen LogP contribution < -0.4 is 5.32 Å². The van der Waals surface area contributed by atoms with E-state index in [4.69, 9.17) is 4.52 Å². The highest BCUT2D eigenvalue weighted by Crippen LogP contribution is 2.17. The Bertz CT molecular complexity index is 1010. The number of nitrogens with zero attached hydrogens (tertiary/aromatic N) is 4. The number of pyridine rings is 1. The van der Waals surface area contributed by atoms with E-state index in [9.17, 15) is 4.79 Å². The standard InChI is InChI=1S/C17H14N6O2/c24-17(15-12-5-1-2-6-13(12)23-25-15)19-9-7-14-20-16(22-21-14)11-4-3-8-18-10-11/h1-6,8,10H,7,9H2,(H,19,24)(H,20,21,22). The monoisotopic (exact) mass is 334 g/mol. The van der Waals surface area contributed by atoms with Gasteiger partial charge in [0.2, 0.25) is 5.76 Å². The van der Waals surface area contributed by atoms with E-state index in [1.54, 1.807) is 24.5 Å². The Hall–Kier alpha value is -3.55. The predicted octanol–water partition coefficient (Wildman–Crippen LogP) is 1.98. The molecule has 1 amide bonds. The quantitative estimate of drug-likeness (QED) is 0.577. The van der Waals surface area contributed by atoms with Crippen molar-refractivity contribution < 1.29 is 9.32 Å². The second kappa shape index (κ2) is 6.52. The van der Waals surface area contributed by atoms with Gasteiger partial charge in [0.05, 0.1) is 5.39 Å². The first-order chi connectivity index (χ1) is 12.3. The summed E-state index contributed by atoms with van der Waals surface area (Å²) in [5.41, 5.74) is 1.49. The fourth-order valence-electron chi connectivity index (χ4n) is 2.46. The van der Waals surface area contributed by atoms with Crippen molar-refractivity contribution in [3.05, 3.63) is 60.4 Å². The summed E-state index contributed by atoms with van der Waals surface area (Å²) in [6.07, 6.45) is 3.91. The number of aromatic nitrogens is 5. The Morgan fingerprint density at radius 2 is 2.12 bits per heavy atom. The molecule has 4 aromatic rings. The minimum absolute atomic E-state index is 0.212. The zero-order valence-electron chi connectivity index (χ0n) is 13.1. The van der Waals surface area contributed by atoms with Gasteiger partial charge in [-0.2, -0.15) is 5.10 Å². The molecule has 8 nitrogen and oxygen atoms in total. The molecule has 4 rings (SSSR count). The highest BCUT2D eigenvalue weighted by molar-refractivity contribution is 6.03. The van der Waals surface area contributed by atoms with Gasteiger partial charge in [0.1, 0.15) is 11.3 Å². The number of H-pyrrole nitrogens is 1. The first kappa shape index (κ1) is 15.0. The van der Waals surface area contributed by atoms with Crippen LogP contribution in [0.15, 0.2) is 53.3 Å². The topological polar surface area (TPSA) is 110 Å². The minimum Gasteiger partial charge on any atom is -0.350 e. The van der Waals surface area contributed by atoms with E-state index in [1.165, 1.54) is 0 Å². The Labute approximate surface area is 142 Å². The third kappa shape index (κ3) is 3.09. The van der Waals surface area contributed by atoms with Gasteiger partial charge in [0.25, 0.3) is 5.91 Å². The average Bonchev–Trinajstić information content (AvgIpc) is 3.29. The molecule has 0 radical (unpaired) electrons. The molecule has 0 saturated carbocycles. The van der Waals surface area contributed by atoms with Crippen molar-refractivity contribution in [2.45, 2.75) is 6.42 Å². The molecule has 0 saturated heterocycles. The number of benzene rings is 1. The molecule has 0 spiro atoms. The molecule has 0 fully saturated rings. The number of hydrogen-bond acceptors (Lipinski definition) is 6. The van der Waals surface area contributed by atoms with E-state index in [0.29, 0.717) is 35.5 Å².